The van der Waals surface area contributed by atoms with E-state index >= 15 is 0 Å². The first-order chi connectivity index (χ1) is 10.1. The highest BCUT2D eigenvalue weighted by atomic mass is 79.9. The van der Waals surface area contributed by atoms with Gasteiger partial charge in [-0.05, 0) is 62.1 Å². The Morgan fingerprint density at radius 2 is 1.95 bits per heavy atom. The quantitative estimate of drug-likeness (QED) is 0.787. The minimum absolute atomic E-state index is 0.303. The fraction of sp³-hybridized carbons (Fsp3) is 0.333. The third kappa shape index (κ3) is 3.24. The summed E-state index contributed by atoms with van der Waals surface area (Å²) in [5.41, 5.74) is 5.07. The van der Waals surface area contributed by atoms with E-state index in [-0.39, 0.29) is 0 Å². The number of nitrogens with one attached hydrogen (secondary N) is 1. The zero-order chi connectivity index (χ0) is 14.8. The van der Waals surface area contributed by atoms with Crippen LogP contribution in [0.3, 0.4) is 0 Å². The van der Waals surface area contributed by atoms with E-state index < -0.39 is 0 Å². The van der Waals surface area contributed by atoms with Gasteiger partial charge in [0.15, 0.2) is 0 Å². The molecule has 2 aromatic carbocycles. The highest BCUT2D eigenvalue weighted by Gasteiger charge is 2.20. The van der Waals surface area contributed by atoms with Crippen LogP contribution in [-0.2, 0) is 0 Å². The molecule has 0 saturated carbocycles. The van der Waals surface area contributed by atoms with Crippen LogP contribution in [0, 0.1) is 13.8 Å². The summed E-state index contributed by atoms with van der Waals surface area (Å²) in [4.78, 5) is 0. The van der Waals surface area contributed by atoms with Crippen LogP contribution in [0.5, 0.6) is 5.75 Å². The van der Waals surface area contributed by atoms with Crippen molar-refractivity contribution in [3.05, 3.63) is 57.6 Å². The maximum absolute atomic E-state index is 5.87. The lowest BCUT2D eigenvalue weighted by atomic mass is 10.0. The number of halogens is 1. The molecule has 1 aliphatic heterocycles. The van der Waals surface area contributed by atoms with Crippen LogP contribution in [0.25, 0.3) is 0 Å². The van der Waals surface area contributed by atoms with Crippen LogP contribution in [0.2, 0.25) is 0 Å². The average Bonchev–Trinajstić information content (AvgIpc) is 2.65. The predicted molar refractivity (Wildman–Crippen MR) is 91.2 cm³/mol. The van der Waals surface area contributed by atoms with Gasteiger partial charge < -0.3 is 10.1 Å². The molecule has 0 spiro atoms. The van der Waals surface area contributed by atoms with Gasteiger partial charge in [-0.15, -0.1) is 0 Å². The first kappa shape index (κ1) is 14.5. The monoisotopic (exact) mass is 345 g/mol. The van der Waals surface area contributed by atoms with Crippen molar-refractivity contribution in [1.82, 2.24) is 0 Å². The van der Waals surface area contributed by atoms with E-state index in [1.54, 1.807) is 0 Å². The molecule has 1 atom stereocenters. The Morgan fingerprint density at radius 3 is 2.76 bits per heavy atom. The zero-order valence-electron chi connectivity index (χ0n) is 12.4. The van der Waals surface area contributed by atoms with Gasteiger partial charge in [-0.25, -0.2) is 0 Å². The highest BCUT2D eigenvalue weighted by Crippen LogP contribution is 2.35. The largest absolute Gasteiger partial charge is 0.493 e. The molecule has 0 bridgehead atoms. The van der Waals surface area contributed by atoms with Gasteiger partial charge >= 0.3 is 0 Å². The van der Waals surface area contributed by atoms with Gasteiger partial charge in [-0.1, -0.05) is 28.1 Å². The Hall–Kier alpha value is -1.48. The van der Waals surface area contributed by atoms with E-state index in [2.05, 4.69) is 71.5 Å². The summed E-state index contributed by atoms with van der Waals surface area (Å²) in [5, 5.41) is 3.67. The third-order valence-corrected chi connectivity index (χ3v) is 4.59. The number of ether oxygens (including phenoxy) is 1. The Morgan fingerprint density at radius 1 is 1.10 bits per heavy atom. The first-order valence-electron chi connectivity index (χ1n) is 7.39. The van der Waals surface area contributed by atoms with E-state index in [1.165, 1.54) is 22.4 Å². The Bertz CT molecular complexity index is 654. The fourth-order valence-electron chi connectivity index (χ4n) is 2.73. The SMILES string of the molecule is Cc1ccc(NC2CCCOc3cc(Br)ccc32)cc1C. The number of hydrogen-bond donors (Lipinski definition) is 1. The molecule has 1 heterocycles. The molecule has 1 aliphatic rings. The van der Waals surface area contributed by atoms with Gasteiger partial charge in [-0.3, -0.25) is 0 Å². The Labute approximate surface area is 134 Å². The average molecular weight is 346 g/mol. The third-order valence-electron chi connectivity index (χ3n) is 4.09. The smallest absolute Gasteiger partial charge is 0.125 e. The van der Waals surface area contributed by atoms with E-state index in [9.17, 15) is 0 Å². The molecular weight excluding hydrogens is 326 g/mol. The first-order valence-corrected chi connectivity index (χ1v) is 8.19. The minimum atomic E-state index is 0.303. The topological polar surface area (TPSA) is 21.3 Å². The number of fused-ring (bicyclic) bond motifs is 1. The molecule has 3 rings (SSSR count). The van der Waals surface area contributed by atoms with Crippen LogP contribution in [0.1, 0.15) is 35.6 Å². The molecule has 21 heavy (non-hydrogen) atoms. The Kier molecular flexibility index (Phi) is 4.20. The number of benzene rings is 2. The van der Waals surface area contributed by atoms with E-state index in [0.717, 1.165) is 29.7 Å². The van der Waals surface area contributed by atoms with E-state index in [0.29, 0.717) is 6.04 Å². The lowest BCUT2D eigenvalue weighted by Gasteiger charge is -2.20. The molecular formula is C18H20BrNO. The normalized spacial score (nSPS) is 17.6. The van der Waals surface area contributed by atoms with Crippen LogP contribution in [0.15, 0.2) is 40.9 Å². The Balaban J connectivity index is 1.90. The molecule has 1 N–H and O–H groups in total. The van der Waals surface area contributed by atoms with Gasteiger partial charge in [0, 0.05) is 15.7 Å². The molecule has 0 aliphatic carbocycles. The standard InChI is InChI=1S/C18H20BrNO/c1-12-5-7-15(10-13(12)2)20-17-4-3-9-21-18-11-14(19)6-8-16(17)18/h5-8,10-11,17,20H,3-4,9H2,1-2H3. The summed E-state index contributed by atoms with van der Waals surface area (Å²) in [6, 6.07) is 13.2. The molecule has 2 nitrogen and oxygen atoms in total. The lowest BCUT2D eigenvalue weighted by molar-refractivity contribution is 0.316. The second-order valence-electron chi connectivity index (χ2n) is 5.67. The molecule has 0 fully saturated rings. The van der Waals surface area contributed by atoms with Crippen molar-refractivity contribution in [2.24, 2.45) is 0 Å². The van der Waals surface area contributed by atoms with Crippen molar-refractivity contribution < 1.29 is 4.74 Å². The van der Waals surface area contributed by atoms with Crippen molar-refractivity contribution in [3.63, 3.8) is 0 Å². The summed E-state index contributed by atoms with van der Waals surface area (Å²) in [6.07, 6.45) is 2.15. The molecule has 110 valence electrons. The van der Waals surface area contributed by atoms with Crippen LogP contribution < -0.4 is 10.1 Å². The van der Waals surface area contributed by atoms with Gasteiger partial charge in [-0.2, -0.15) is 0 Å². The van der Waals surface area contributed by atoms with Gasteiger partial charge in [0.05, 0.1) is 12.6 Å². The van der Waals surface area contributed by atoms with Crippen LogP contribution >= 0.6 is 15.9 Å². The number of aryl methyl sites for hydroxylation is 2. The maximum atomic E-state index is 5.87. The number of rotatable bonds is 2. The van der Waals surface area contributed by atoms with Crippen LogP contribution in [-0.4, -0.2) is 6.61 Å². The molecule has 0 saturated heterocycles. The van der Waals surface area contributed by atoms with Gasteiger partial charge in [0.25, 0.3) is 0 Å². The highest BCUT2D eigenvalue weighted by molar-refractivity contribution is 9.10. The predicted octanol–water partition coefficient (Wildman–Crippen LogP) is 5.39. The summed E-state index contributed by atoms with van der Waals surface area (Å²) in [7, 11) is 0. The molecule has 0 amide bonds. The van der Waals surface area contributed by atoms with Gasteiger partial charge in [0.1, 0.15) is 5.75 Å². The van der Waals surface area contributed by atoms with Gasteiger partial charge in [0.2, 0.25) is 0 Å². The molecule has 0 aromatic heterocycles. The fourth-order valence-corrected chi connectivity index (χ4v) is 3.07. The maximum Gasteiger partial charge on any atom is 0.125 e. The zero-order valence-corrected chi connectivity index (χ0v) is 14.0. The second-order valence-corrected chi connectivity index (χ2v) is 6.58. The summed E-state index contributed by atoms with van der Waals surface area (Å²) in [5.74, 6) is 0.989. The van der Waals surface area contributed by atoms with E-state index in [1.807, 2.05) is 0 Å². The number of anilines is 1. The molecule has 0 radical (unpaired) electrons. The van der Waals surface area contributed by atoms with Crippen molar-refractivity contribution in [1.29, 1.82) is 0 Å². The van der Waals surface area contributed by atoms with Crippen molar-refractivity contribution >= 4 is 21.6 Å². The van der Waals surface area contributed by atoms with E-state index in [4.69, 9.17) is 4.74 Å². The second kappa shape index (κ2) is 6.10. The van der Waals surface area contributed by atoms with Crippen molar-refractivity contribution in [3.8, 4) is 5.75 Å². The minimum Gasteiger partial charge on any atom is -0.493 e. The summed E-state index contributed by atoms with van der Waals surface area (Å²) >= 11 is 3.52. The molecule has 1 unspecified atom stereocenters. The van der Waals surface area contributed by atoms with Crippen molar-refractivity contribution in [2.45, 2.75) is 32.7 Å². The van der Waals surface area contributed by atoms with Crippen molar-refractivity contribution in [2.75, 3.05) is 11.9 Å². The summed E-state index contributed by atoms with van der Waals surface area (Å²) < 4.78 is 6.93. The van der Waals surface area contributed by atoms with Crippen LogP contribution in [0.4, 0.5) is 5.69 Å². The molecule has 2 aromatic rings. The lowest BCUT2D eigenvalue weighted by Crippen LogP contribution is -2.10. The summed E-state index contributed by atoms with van der Waals surface area (Å²) in [6.45, 7) is 5.09. The number of hydrogen-bond acceptors (Lipinski definition) is 2. The molecule has 3 heteroatoms.